The summed E-state index contributed by atoms with van der Waals surface area (Å²) in [6, 6.07) is -0.373. The Kier molecular flexibility index (Phi) is 5.87. The summed E-state index contributed by atoms with van der Waals surface area (Å²) >= 11 is 0. The molecule has 0 saturated heterocycles. The number of amides is 2. The second-order valence-corrected chi connectivity index (χ2v) is 5.63. The molecule has 1 rings (SSSR count). The van der Waals surface area contributed by atoms with Crippen LogP contribution in [0, 0.1) is 18.3 Å². The molecule has 1 fully saturated rings. The number of urea groups is 1. The van der Waals surface area contributed by atoms with Crippen molar-refractivity contribution in [2.24, 2.45) is 5.92 Å². The fraction of sp³-hybridized carbons (Fsp3) is 0.733. The summed E-state index contributed by atoms with van der Waals surface area (Å²) in [7, 11) is 0. The molecule has 1 aliphatic rings. The van der Waals surface area contributed by atoms with Gasteiger partial charge in [0.15, 0.2) is 0 Å². The lowest BCUT2D eigenvalue weighted by Crippen LogP contribution is -2.59. The SMILES string of the molecule is C#CCN(CCC)C(=O)NC1(C(=O)O)CCC(C)CC1. The average molecular weight is 280 g/mol. The van der Waals surface area contributed by atoms with Gasteiger partial charge in [0.05, 0.1) is 6.54 Å². The first-order valence-electron chi connectivity index (χ1n) is 7.19. The number of carboxylic acids is 1. The second kappa shape index (κ2) is 7.18. The largest absolute Gasteiger partial charge is 0.480 e. The van der Waals surface area contributed by atoms with Crippen molar-refractivity contribution in [1.29, 1.82) is 0 Å². The molecule has 20 heavy (non-hydrogen) atoms. The number of terminal acetylenes is 1. The predicted octanol–water partition coefficient (Wildman–Crippen LogP) is 2.07. The van der Waals surface area contributed by atoms with E-state index < -0.39 is 11.5 Å². The zero-order chi connectivity index (χ0) is 15.2. The molecule has 0 aliphatic heterocycles. The fourth-order valence-electron chi connectivity index (χ4n) is 2.56. The number of rotatable bonds is 5. The van der Waals surface area contributed by atoms with Gasteiger partial charge >= 0.3 is 12.0 Å². The number of hydrogen-bond acceptors (Lipinski definition) is 2. The van der Waals surface area contributed by atoms with E-state index >= 15 is 0 Å². The zero-order valence-electron chi connectivity index (χ0n) is 12.3. The first-order chi connectivity index (χ1) is 9.45. The maximum absolute atomic E-state index is 12.2. The van der Waals surface area contributed by atoms with Gasteiger partial charge in [-0.2, -0.15) is 0 Å². The Morgan fingerprint density at radius 1 is 1.45 bits per heavy atom. The highest BCUT2D eigenvalue weighted by Crippen LogP contribution is 2.32. The quantitative estimate of drug-likeness (QED) is 0.757. The maximum atomic E-state index is 12.2. The van der Waals surface area contributed by atoms with Crippen molar-refractivity contribution in [2.45, 2.75) is 51.5 Å². The van der Waals surface area contributed by atoms with E-state index in [4.69, 9.17) is 6.42 Å². The van der Waals surface area contributed by atoms with Crippen LogP contribution in [-0.2, 0) is 4.79 Å². The van der Waals surface area contributed by atoms with E-state index in [1.807, 2.05) is 6.92 Å². The Labute approximate surface area is 120 Å². The molecule has 5 heteroatoms. The average Bonchev–Trinajstić information content (AvgIpc) is 2.41. The van der Waals surface area contributed by atoms with Gasteiger partial charge in [-0.05, 0) is 38.0 Å². The molecule has 112 valence electrons. The molecule has 0 radical (unpaired) electrons. The normalized spacial score (nSPS) is 25.6. The number of aliphatic carboxylic acids is 1. The lowest BCUT2D eigenvalue weighted by Gasteiger charge is -2.37. The van der Waals surface area contributed by atoms with Gasteiger partial charge in [0.2, 0.25) is 0 Å². The highest BCUT2D eigenvalue weighted by atomic mass is 16.4. The molecule has 1 aliphatic carbocycles. The van der Waals surface area contributed by atoms with Crippen LogP contribution in [0.5, 0.6) is 0 Å². The first kappa shape index (κ1) is 16.4. The Morgan fingerprint density at radius 2 is 2.05 bits per heavy atom. The molecular formula is C15H24N2O3. The highest BCUT2D eigenvalue weighted by Gasteiger charge is 2.43. The van der Waals surface area contributed by atoms with Crippen LogP contribution in [0.2, 0.25) is 0 Å². The van der Waals surface area contributed by atoms with E-state index in [9.17, 15) is 14.7 Å². The summed E-state index contributed by atoms with van der Waals surface area (Å²) in [6.07, 6.45) is 8.62. The summed E-state index contributed by atoms with van der Waals surface area (Å²) in [4.78, 5) is 25.3. The minimum atomic E-state index is -1.13. The molecule has 1 saturated carbocycles. The van der Waals surface area contributed by atoms with Crippen molar-refractivity contribution in [2.75, 3.05) is 13.1 Å². The highest BCUT2D eigenvalue weighted by molar-refractivity contribution is 5.86. The summed E-state index contributed by atoms with van der Waals surface area (Å²) in [5.74, 6) is 2.00. The molecular weight excluding hydrogens is 256 g/mol. The number of carbonyl (C=O) groups is 2. The molecule has 0 aromatic heterocycles. The van der Waals surface area contributed by atoms with Crippen LogP contribution in [0.15, 0.2) is 0 Å². The van der Waals surface area contributed by atoms with Gasteiger partial charge in [-0.15, -0.1) is 6.42 Å². The lowest BCUT2D eigenvalue weighted by molar-refractivity contribution is -0.146. The number of carboxylic acid groups (broad SMARTS) is 1. The Morgan fingerprint density at radius 3 is 2.50 bits per heavy atom. The van der Waals surface area contributed by atoms with Crippen molar-refractivity contribution < 1.29 is 14.7 Å². The summed E-state index contributed by atoms with van der Waals surface area (Å²) < 4.78 is 0. The molecule has 0 atom stereocenters. The first-order valence-corrected chi connectivity index (χ1v) is 7.19. The van der Waals surface area contributed by atoms with Gasteiger partial charge in [-0.1, -0.05) is 19.8 Å². The smallest absolute Gasteiger partial charge is 0.329 e. The number of nitrogens with zero attached hydrogens (tertiary/aromatic N) is 1. The Hall–Kier alpha value is -1.70. The topological polar surface area (TPSA) is 69.6 Å². The van der Waals surface area contributed by atoms with Crippen LogP contribution in [-0.4, -0.2) is 40.6 Å². The Bertz CT molecular complexity index is 392. The van der Waals surface area contributed by atoms with Crippen molar-refractivity contribution in [3.63, 3.8) is 0 Å². The molecule has 2 amide bonds. The third-order valence-corrected chi connectivity index (χ3v) is 3.95. The third-order valence-electron chi connectivity index (χ3n) is 3.95. The number of hydrogen-bond donors (Lipinski definition) is 2. The summed E-state index contributed by atoms with van der Waals surface area (Å²) in [6.45, 7) is 4.79. The van der Waals surface area contributed by atoms with Crippen LogP contribution >= 0.6 is 0 Å². The van der Waals surface area contributed by atoms with E-state index in [1.165, 1.54) is 4.90 Å². The van der Waals surface area contributed by atoms with Crippen LogP contribution in [0.1, 0.15) is 46.0 Å². The van der Waals surface area contributed by atoms with Crippen LogP contribution in [0.3, 0.4) is 0 Å². The predicted molar refractivity (Wildman–Crippen MR) is 77.2 cm³/mol. The van der Waals surface area contributed by atoms with E-state index in [0.717, 1.165) is 19.3 Å². The minimum absolute atomic E-state index is 0.200. The van der Waals surface area contributed by atoms with E-state index in [0.29, 0.717) is 25.3 Å². The van der Waals surface area contributed by atoms with Gasteiger partial charge in [-0.3, -0.25) is 0 Å². The van der Waals surface area contributed by atoms with Gasteiger partial charge < -0.3 is 15.3 Å². The molecule has 0 unspecified atom stereocenters. The monoisotopic (exact) mass is 280 g/mol. The van der Waals surface area contributed by atoms with Crippen molar-refractivity contribution in [1.82, 2.24) is 10.2 Å². The molecule has 0 heterocycles. The van der Waals surface area contributed by atoms with E-state index in [1.54, 1.807) is 0 Å². The van der Waals surface area contributed by atoms with Crippen LogP contribution in [0.4, 0.5) is 4.79 Å². The molecule has 5 nitrogen and oxygen atoms in total. The molecule has 2 N–H and O–H groups in total. The Balaban J connectivity index is 2.77. The van der Waals surface area contributed by atoms with Gasteiger partial charge in [-0.25, -0.2) is 9.59 Å². The fourth-order valence-corrected chi connectivity index (χ4v) is 2.56. The molecule has 0 aromatic rings. The van der Waals surface area contributed by atoms with Crippen molar-refractivity contribution >= 4 is 12.0 Å². The number of carbonyl (C=O) groups excluding carboxylic acids is 1. The van der Waals surface area contributed by atoms with Gasteiger partial charge in [0.1, 0.15) is 5.54 Å². The summed E-state index contributed by atoms with van der Waals surface area (Å²) in [5.41, 5.74) is -1.13. The van der Waals surface area contributed by atoms with Crippen LogP contribution in [0.25, 0.3) is 0 Å². The van der Waals surface area contributed by atoms with Crippen molar-refractivity contribution in [3.05, 3.63) is 0 Å². The molecule has 0 aromatic carbocycles. The van der Waals surface area contributed by atoms with Gasteiger partial charge in [0.25, 0.3) is 0 Å². The second-order valence-electron chi connectivity index (χ2n) is 5.63. The van der Waals surface area contributed by atoms with E-state index in [-0.39, 0.29) is 12.6 Å². The molecule has 0 spiro atoms. The number of nitrogens with one attached hydrogen (secondary N) is 1. The lowest BCUT2D eigenvalue weighted by atomic mass is 9.77. The standard InChI is InChI=1S/C15H24N2O3/c1-4-10-17(11-5-2)14(20)16-15(13(18)19)8-6-12(3)7-9-15/h1,12H,5-11H2,2-3H3,(H,16,20)(H,18,19). The zero-order valence-corrected chi connectivity index (χ0v) is 12.3. The van der Waals surface area contributed by atoms with Crippen molar-refractivity contribution in [3.8, 4) is 12.3 Å². The molecule has 0 bridgehead atoms. The summed E-state index contributed by atoms with van der Waals surface area (Å²) in [5, 5.41) is 12.2. The van der Waals surface area contributed by atoms with Gasteiger partial charge in [0, 0.05) is 6.54 Å². The maximum Gasteiger partial charge on any atom is 0.329 e. The minimum Gasteiger partial charge on any atom is -0.480 e. The van der Waals surface area contributed by atoms with Crippen LogP contribution < -0.4 is 5.32 Å². The van der Waals surface area contributed by atoms with E-state index in [2.05, 4.69) is 18.2 Å². The third kappa shape index (κ3) is 3.89.